The second-order valence-corrected chi connectivity index (χ2v) is 6.95. The average molecular weight is 397 g/mol. The van der Waals surface area contributed by atoms with Gasteiger partial charge >= 0.3 is 13.1 Å². The molecule has 0 saturated heterocycles. The summed E-state index contributed by atoms with van der Waals surface area (Å²) < 4.78 is 15.9. The van der Waals surface area contributed by atoms with E-state index in [1.807, 2.05) is 30.3 Å². The molecule has 1 amide bonds. The zero-order chi connectivity index (χ0) is 21.0. The van der Waals surface area contributed by atoms with Crippen molar-refractivity contribution < 1.29 is 28.7 Å². The zero-order valence-electron chi connectivity index (χ0n) is 16.7. The predicted molar refractivity (Wildman–Crippen MR) is 108 cm³/mol. The van der Waals surface area contributed by atoms with E-state index < -0.39 is 31.1 Å². The van der Waals surface area contributed by atoms with Gasteiger partial charge in [0.25, 0.3) is 5.91 Å². The molecule has 29 heavy (non-hydrogen) atoms. The molecule has 1 heterocycles. The summed E-state index contributed by atoms with van der Waals surface area (Å²) in [6.07, 6.45) is -0.615. The predicted octanol–water partition coefficient (Wildman–Crippen LogP) is 1.09. The molecule has 0 spiro atoms. The third-order valence-electron chi connectivity index (χ3n) is 5.06. The second-order valence-electron chi connectivity index (χ2n) is 6.95. The number of methoxy groups -OCH3 is 1. The van der Waals surface area contributed by atoms with Crippen LogP contribution in [0.1, 0.15) is 34.0 Å². The lowest BCUT2D eigenvalue weighted by atomic mass is 9.75. The van der Waals surface area contributed by atoms with E-state index in [2.05, 4.69) is 5.32 Å². The monoisotopic (exact) mass is 397 g/mol. The van der Waals surface area contributed by atoms with Crippen molar-refractivity contribution in [3.63, 3.8) is 0 Å². The third kappa shape index (κ3) is 4.67. The maximum absolute atomic E-state index is 12.9. The minimum atomic E-state index is -1.05. The van der Waals surface area contributed by atoms with E-state index in [9.17, 15) is 14.6 Å². The van der Waals surface area contributed by atoms with Crippen LogP contribution in [0.5, 0.6) is 0 Å². The number of benzene rings is 2. The first-order chi connectivity index (χ1) is 13.9. The summed E-state index contributed by atoms with van der Waals surface area (Å²) in [5.74, 6) is -1.05. The molecule has 0 saturated carbocycles. The lowest BCUT2D eigenvalue weighted by molar-refractivity contribution is -0.147. The van der Waals surface area contributed by atoms with Crippen LogP contribution in [0.25, 0.3) is 0 Å². The van der Waals surface area contributed by atoms with E-state index in [1.54, 1.807) is 26.0 Å². The normalized spacial score (nSPS) is 14.8. The van der Waals surface area contributed by atoms with Crippen molar-refractivity contribution in [3.8, 4) is 0 Å². The molecule has 2 N–H and O–H groups in total. The molecule has 0 bridgehead atoms. The van der Waals surface area contributed by atoms with Gasteiger partial charge in [0.05, 0.1) is 26.4 Å². The first-order valence-electron chi connectivity index (χ1n) is 9.38. The minimum absolute atomic E-state index is 0.298. The Labute approximate surface area is 170 Å². The van der Waals surface area contributed by atoms with Crippen LogP contribution in [0.15, 0.2) is 42.5 Å². The molecule has 152 valence electrons. The standard InChI is InChI=1S/C21H24BNO6/c1-13-17(10-9-16-12-29-22(26)18(13)16)20(24)23-19(21(25)27-3)14(2)28-11-15-7-5-4-6-8-15/h4-10,14,19,26H,11-12H2,1-3H3,(H,23,24). The number of hydrogen-bond acceptors (Lipinski definition) is 6. The smallest absolute Gasteiger partial charge is 0.467 e. The number of fused-ring (bicyclic) bond motifs is 1. The quantitative estimate of drug-likeness (QED) is 0.537. The fraction of sp³-hybridized carbons (Fsp3) is 0.333. The molecule has 8 heteroatoms. The molecule has 2 unspecified atom stereocenters. The summed E-state index contributed by atoms with van der Waals surface area (Å²) in [5, 5.41) is 12.7. The third-order valence-corrected chi connectivity index (χ3v) is 5.06. The molecular formula is C21H24BNO6. The summed E-state index contributed by atoms with van der Waals surface area (Å²) in [4.78, 5) is 25.2. The van der Waals surface area contributed by atoms with Gasteiger partial charge in [-0.2, -0.15) is 0 Å². The SMILES string of the molecule is COC(=O)C(NC(=O)c1ccc2c(c1C)B(O)OC2)C(C)OCc1ccccc1. The Balaban J connectivity index is 1.74. The van der Waals surface area contributed by atoms with Gasteiger partial charge in [-0.05, 0) is 42.1 Å². The molecule has 2 atom stereocenters. The van der Waals surface area contributed by atoms with Gasteiger partial charge in [0.2, 0.25) is 0 Å². The topological polar surface area (TPSA) is 94.1 Å². The molecule has 2 aromatic rings. The van der Waals surface area contributed by atoms with Crippen LogP contribution in [-0.4, -0.2) is 43.3 Å². The summed E-state index contributed by atoms with van der Waals surface area (Å²) >= 11 is 0. The van der Waals surface area contributed by atoms with Crippen LogP contribution >= 0.6 is 0 Å². The van der Waals surface area contributed by atoms with Crippen LogP contribution < -0.4 is 10.8 Å². The van der Waals surface area contributed by atoms with Gasteiger partial charge in [0.1, 0.15) is 0 Å². The maximum atomic E-state index is 12.9. The number of carbonyl (C=O) groups excluding carboxylic acids is 2. The second kappa shape index (κ2) is 9.22. The largest absolute Gasteiger partial charge is 0.492 e. The van der Waals surface area contributed by atoms with E-state index in [-0.39, 0.29) is 0 Å². The molecule has 2 aromatic carbocycles. The summed E-state index contributed by atoms with van der Waals surface area (Å²) in [6, 6.07) is 12.0. The van der Waals surface area contributed by atoms with Crippen LogP contribution in [0, 0.1) is 6.92 Å². The highest BCUT2D eigenvalue weighted by Crippen LogP contribution is 2.17. The number of rotatable bonds is 7. The first-order valence-corrected chi connectivity index (χ1v) is 9.38. The average Bonchev–Trinajstić information content (AvgIpc) is 3.12. The van der Waals surface area contributed by atoms with E-state index in [0.717, 1.165) is 11.1 Å². The Morgan fingerprint density at radius 3 is 2.66 bits per heavy atom. The van der Waals surface area contributed by atoms with E-state index in [4.69, 9.17) is 14.1 Å². The molecule has 0 aromatic heterocycles. The molecule has 7 nitrogen and oxygen atoms in total. The van der Waals surface area contributed by atoms with Crippen molar-refractivity contribution in [2.75, 3.05) is 7.11 Å². The first kappa shape index (κ1) is 21.0. The van der Waals surface area contributed by atoms with Crippen molar-refractivity contribution in [1.29, 1.82) is 0 Å². The Bertz CT molecular complexity index is 888. The number of hydrogen-bond donors (Lipinski definition) is 2. The van der Waals surface area contributed by atoms with Crippen LogP contribution in [0.4, 0.5) is 0 Å². The van der Waals surface area contributed by atoms with E-state index >= 15 is 0 Å². The van der Waals surface area contributed by atoms with E-state index in [1.165, 1.54) is 7.11 Å². The molecule has 0 aliphatic carbocycles. The van der Waals surface area contributed by atoms with Gasteiger partial charge in [-0.3, -0.25) is 4.79 Å². The van der Waals surface area contributed by atoms with Crippen molar-refractivity contribution in [2.24, 2.45) is 0 Å². The lowest BCUT2D eigenvalue weighted by Crippen LogP contribution is -2.49. The van der Waals surface area contributed by atoms with E-state index in [0.29, 0.717) is 29.8 Å². The summed E-state index contributed by atoms with van der Waals surface area (Å²) in [7, 11) is 0.210. The van der Waals surface area contributed by atoms with Gasteiger partial charge in [-0.25, -0.2) is 4.79 Å². The van der Waals surface area contributed by atoms with Crippen molar-refractivity contribution in [1.82, 2.24) is 5.32 Å². The Morgan fingerprint density at radius 1 is 1.24 bits per heavy atom. The lowest BCUT2D eigenvalue weighted by Gasteiger charge is -2.24. The Morgan fingerprint density at radius 2 is 1.97 bits per heavy atom. The van der Waals surface area contributed by atoms with Crippen LogP contribution in [-0.2, 0) is 32.1 Å². The van der Waals surface area contributed by atoms with Crippen molar-refractivity contribution in [2.45, 2.75) is 39.2 Å². The zero-order valence-corrected chi connectivity index (χ0v) is 16.7. The Kier molecular flexibility index (Phi) is 6.69. The van der Waals surface area contributed by atoms with Gasteiger partial charge < -0.3 is 24.5 Å². The molecule has 1 aliphatic heterocycles. The van der Waals surface area contributed by atoms with Gasteiger partial charge in [0.15, 0.2) is 6.04 Å². The van der Waals surface area contributed by atoms with Crippen molar-refractivity contribution in [3.05, 3.63) is 64.7 Å². The molecule has 0 fully saturated rings. The fourth-order valence-corrected chi connectivity index (χ4v) is 3.36. The highest BCUT2D eigenvalue weighted by molar-refractivity contribution is 6.62. The molecule has 1 aliphatic rings. The number of nitrogens with one attached hydrogen (secondary N) is 1. The maximum Gasteiger partial charge on any atom is 0.492 e. The summed E-state index contributed by atoms with van der Waals surface area (Å²) in [5.41, 5.74) is 3.37. The highest BCUT2D eigenvalue weighted by Gasteiger charge is 2.33. The van der Waals surface area contributed by atoms with Crippen LogP contribution in [0.2, 0.25) is 0 Å². The van der Waals surface area contributed by atoms with Crippen LogP contribution in [0.3, 0.4) is 0 Å². The van der Waals surface area contributed by atoms with Gasteiger partial charge in [-0.1, -0.05) is 36.4 Å². The number of amides is 1. The van der Waals surface area contributed by atoms with Gasteiger partial charge in [-0.15, -0.1) is 0 Å². The molecular weight excluding hydrogens is 373 g/mol. The number of esters is 1. The van der Waals surface area contributed by atoms with Crippen molar-refractivity contribution >= 4 is 24.5 Å². The summed E-state index contributed by atoms with van der Waals surface area (Å²) in [6.45, 7) is 4.05. The number of carbonyl (C=O) groups is 2. The fourth-order valence-electron chi connectivity index (χ4n) is 3.36. The molecule has 3 rings (SSSR count). The minimum Gasteiger partial charge on any atom is -0.467 e. The highest BCUT2D eigenvalue weighted by atomic mass is 16.5. The Hall–Kier alpha value is -2.68. The van der Waals surface area contributed by atoms with Gasteiger partial charge in [0, 0.05) is 5.56 Å². The molecule has 0 radical (unpaired) electrons. The number of ether oxygens (including phenoxy) is 2.